The summed E-state index contributed by atoms with van der Waals surface area (Å²) in [5.41, 5.74) is 7.53. The van der Waals surface area contributed by atoms with Crippen LogP contribution in [0.3, 0.4) is 0 Å². The topological polar surface area (TPSA) is 72.2 Å². The van der Waals surface area contributed by atoms with E-state index in [4.69, 9.17) is 0 Å². The van der Waals surface area contributed by atoms with Gasteiger partial charge in [0.25, 0.3) is 0 Å². The Morgan fingerprint density at radius 3 is 2.44 bits per heavy atom. The summed E-state index contributed by atoms with van der Waals surface area (Å²) in [4.78, 5) is 20.4. The zero-order chi connectivity index (χ0) is 18.0. The van der Waals surface area contributed by atoms with Gasteiger partial charge < -0.3 is 4.57 Å². The van der Waals surface area contributed by atoms with Gasteiger partial charge in [0.15, 0.2) is 0 Å². The molecule has 0 radical (unpaired) electrons. The van der Waals surface area contributed by atoms with Crippen molar-refractivity contribution in [1.82, 2.24) is 20.0 Å². The number of aromatic nitrogens is 3. The highest BCUT2D eigenvalue weighted by Crippen LogP contribution is 2.32. The van der Waals surface area contributed by atoms with Crippen LogP contribution in [-0.2, 0) is 0 Å². The van der Waals surface area contributed by atoms with Crippen LogP contribution in [0.15, 0.2) is 17.2 Å². The largest absolute Gasteiger partial charge is 0.345 e. The van der Waals surface area contributed by atoms with Crippen molar-refractivity contribution < 1.29 is 4.79 Å². The average molecular weight is 339 g/mol. The lowest BCUT2D eigenvalue weighted by Gasteiger charge is -2.17. The molecule has 1 aliphatic carbocycles. The number of hydrazone groups is 1. The number of nitrogens with zero attached hydrogens (tertiary/aromatic N) is 4. The molecule has 132 valence electrons. The van der Waals surface area contributed by atoms with E-state index >= 15 is 0 Å². The maximum absolute atomic E-state index is 12.2. The lowest BCUT2D eigenvalue weighted by Crippen LogP contribution is -2.21. The Morgan fingerprint density at radius 2 is 1.80 bits per heavy atom. The maximum Gasteiger partial charge on any atom is 0.309 e. The Balaban J connectivity index is 1.72. The van der Waals surface area contributed by atoms with Gasteiger partial charge in [0, 0.05) is 34.4 Å². The minimum atomic E-state index is -0.396. The minimum Gasteiger partial charge on any atom is -0.345 e. The third-order valence-electron chi connectivity index (χ3n) is 4.77. The standard InChI is InChI=1S/C19H25N5O/c1-12-9-13(2)22-18(21-12)19(25)23-20-11-16-10-14(3)24(15(16)4)17-7-5-6-8-17/h9-11,17H,5-8H2,1-4H3,(H,23,25). The summed E-state index contributed by atoms with van der Waals surface area (Å²) in [6.07, 6.45) is 6.80. The predicted octanol–water partition coefficient (Wildman–Crippen LogP) is 3.39. The van der Waals surface area contributed by atoms with Gasteiger partial charge in [-0.1, -0.05) is 12.8 Å². The monoisotopic (exact) mass is 339 g/mol. The first-order chi connectivity index (χ1) is 12.0. The van der Waals surface area contributed by atoms with E-state index in [0.717, 1.165) is 17.0 Å². The van der Waals surface area contributed by atoms with Crippen LogP contribution in [0, 0.1) is 27.7 Å². The average Bonchev–Trinajstić information content (AvgIpc) is 3.15. The maximum atomic E-state index is 12.2. The first-order valence-electron chi connectivity index (χ1n) is 8.80. The lowest BCUT2D eigenvalue weighted by atomic mass is 10.2. The van der Waals surface area contributed by atoms with Crippen molar-refractivity contribution in [3.8, 4) is 0 Å². The molecule has 0 atom stereocenters. The molecule has 0 saturated heterocycles. The normalized spacial score (nSPS) is 15.2. The van der Waals surface area contributed by atoms with Crippen molar-refractivity contribution in [3.05, 3.63) is 46.3 Å². The van der Waals surface area contributed by atoms with E-state index in [-0.39, 0.29) is 5.82 Å². The van der Waals surface area contributed by atoms with Gasteiger partial charge in [0.1, 0.15) is 0 Å². The summed E-state index contributed by atoms with van der Waals surface area (Å²) < 4.78 is 2.41. The summed E-state index contributed by atoms with van der Waals surface area (Å²) in [6, 6.07) is 4.55. The zero-order valence-electron chi connectivity index (χ0n) is 15.3. The molecule has 0 aliphatic heterocycles. The van der Waals surface area contributed by atoms with E-state index in [1.165, 1.54) is 37.1 Å². The van der Waals surface area contributed by atoms with Crippen LogP contribution >= 0.6 is 0 Å². The number of aryl methyl sites for hydroxylation is 3. The Labute approximate surface area is 148 Å². The van der Waals surface area contributed by atoms with Crippen LogP contribution < -0.4 is 5.43 Å². The number of carbonyl (C=O) groups excluding carboxylic acids is 1. The highest BCUT2D eigenvalue weighted by atomic mass is 16.2. The van der Waals surface area contributed by atoms with Crippen molar-refractivity contribution in [2.24, 2.45) is 5.10 Å². The molecule has 6 nitrogen and oxygen atoms in total. The fraction of sp³-hybridized carbons (Fsp3) is 0.474. The van der Waals surface area contributed by atoms with Crippen molar-refractivity contribution in [2.45, 2.75) is 59.4 Å². The molecule has 1 aliphatic rings. The second kappa shape index (κ2) is 7.17. The molecular weight excluding hydrogens is 314 g/mol. The highest BCUT2D eigenvalue weighted by Gasteiger charge is 2.20. The van der Waals surface area contributed by atoms with Gasteiger partial charge in [-0.3, -0.25) is 4.79 Å². The van der Waals surface area contributed by atoms with Gasteiger partial charge in [0.05, 0.1) is 6.21 Å². The second-order valence-electron chi connectivity index (χ2n) is 6.81. The Kier molecular flexibility index (Phi) is 4.97. The number of amides is 1. The molecule has 0 spiro atoms. The van der Waals surface area contributed by atoms with Crippen molar-refractivity contribution in [1.29, 1.82) is 0 Å². The molecule has 1 N–H and O–H groups in total. The number of rotatable bonds is 4. The highest BCUT2D eigenvalue weighted by molar-refractivity contribution is 5.91. The van der Waals surface area contributed by atoms with Crippen molar-refractivity contribution in [3.63, 3.8) is 0 Å². The van der Waals surface area contributed by atoms with Crippen molar-refractivity contribution in [2.75, 3.05) is 0 Å². The molecule has 0 unspecified atom stereocenters. The summed E-state index contributed by atoms with van der Waals surface area (Å²) in [7, 11) is 0. The second-order valence-corrected chi connectivity index (χ2v) is 6.81. The molecule has 0 bridgehead atoms. The van der Waals surface area contributed by atoms with Crippen LogP contribution in [-0.4, -0.2) is 26.7 Å². The summed E-state index contributed by atoms with van der Waals surface area (Å²) in [5, 5.41) is 4.10. The molecule has 0 aromatic carbocycles. The fourth-order valence-corrected chi connectivity index (χ4v) is 3.70. The number of nitrogens with one attached hydrogen (secondary N) is 1. The van der Waals surface area contributed by atoms with Crippen molar-refractivity contribution >= 4 is 12.1 Å². The van der Waals surface area contributed by atoms with Gasteiger partial charge in [-0.2, -0.15) is 5.10 Å². The SMILES string of the molecule is Cc1cc(C)nc(C(=O)NN=Cc2cc(C)n(C3CCCC3)c2C)n1. The Morgan fingerprint density at radius 1 is 1.16 bits per heavy atom. The van der Waals surface area contributed by atoms with E-state index in [1.807, 2.05) is 19.9 Å². The van der Waals surface area contributed by atoms with Crippen LogP contribution in [0.5, 0.6) is 0 Å². The zero-order valence-corrected chi connectivity index (χ0v) is 15.3. The molecule has 2 aromatic heterocycles. The third-order valence-corrected chi connectivity index (χ3v) is 4.77. The molecule has 25 heavy (non-hydrogen) atoms. The minimum absolute atomic E-state index is 0.145. The quantitative estimate of drug-likeness (QED) is 0.685. The Hall–Kier alpha value is -2.50. The summed E-state index contributed by atoms with van der Waals surface area (Å²) >= 11 is 0. The molecule has 2 aromatic rings. The predicted molar refractivity (Wildman–Crippen MR) is 98.0 cm³/mol. The lowest BCUT2D eigenvalue weighted by molar-refractivity contribution is 0.0944. The number of carbonyl (C=O) groups is 1. The van der Waals surface area contributed by atoms with Crippen LogP contribution in [0.2, 0.25) is 0 Å². The van der Waals surface area contributed by atoms with E-state index in [9.17, 15) is 4.79 Å². The van der Waals surface area contributed by atoms with Gasteiger partial charge >= 0.3 is 5.91 Å². The fourth-order valence-electron chi connectivity index (χ4n) is 3.70. The third kappa shape index (κ3) is 3.78. The molecule has 3 rings (SSSR count). The van der Waals surface area contributed by atoms with E-state index in [2.05, 4.69) is 45.0 Å². The van der Waals surface area contributed by atoms with Crippen LogP contribution in [0.1, 0.15) is 70.7 Å². The smallest absolute Gasteiger partial charge is 0.309 e. The van der Waals surface area contributed by atoms with E-state index in [1.54, 1.807) is 6.21 Å². The van der Waals surface area contributed by atoms with Gasteiger partial charge in [-0.15, -0.1) is 0 Å². The number of hydrogen-bond acceptors (Lipinski definition) is 4. The molecule has 1 amide bonds. The molecule has 6 heteroatoms. The summed E-state index contributed by atoms with van der Waals surface area (Å²) in [6.45, 7) is 7.92. The molecule has 2 heterocycles. The van der Waals surface area contributed by atoms with Gasteiger partial charge in [0.2, 0.25) is 5.82 Å². The number of hydrogen-bond donors (Lipinski definition) is 1. The van der Waals surface area contributed by atoms with Gasteiger partial charge in [-0.05, 0) is 52.7 Å². The van der Waals surface area contributed by atoms with E-state index < -0.39 is 5.91 Å². The molecular formula is C19H25N5O. The summed E-state index contributed by atoms with van der Waals surface area (Å²) in [5.74, 6) is -0.251. The van der Waals surface area contributed by atoms with E-state index in [0.29, 0.717) is 6.04 Å². The van der Waals surface area contributed by atoms with Crippen LogP contribution in [0.25, 0.3) is 0 Å². The Bertz CT molecular complexity index is 795. The first-order valence-corrected chi connectivity index (χ1v) is 8.80. The first kappa shape index (κ1) is 17.3. The van der Waals surface area contributed by atoms with Gasteiger partial charge in [-0.25, -0.2) is 15.4 Å². The molecule has 1 saturated carbocycles. The van der Waals surface area contributed by atoms with Crippen LogP contribution in [0.4, 0.5) is 0 Å². The molecule has 1 fully saturated rings.